The van der Waals surface area contributed by atoms with Crippen LogP contribution in [-0.4, -0.2) is 28.0 Å². The van der Waals surface area contributed by atoms with Gasteiger partial charge in [0.2, 0.25) is 5.95 Å². The van der Waals surface area contributed by atoms with Gasteiger partial charge in [0.25, 0.3) is 0 Å². The molecule has 0 aliphatic heterocycles. The number of aromatic nitrogens is 3. The van der Waals surface area contributed by atoms with E-state index in [2.05, 4.69) is 70.7 Å². The molecule has 1 atom stereocenters. The zero-order valence-electron chi connectivity index (χ0n) is 17.2. The van der Waals surface area contributed by atoms with Gasteiger partial charge >= 0.3 is 0 Å². The average molecular weight is 377 g/mol. The number of benzene rings is 1. The van der Waals surface area contributed by atoms with Crippen molar-refractivity contribution in [3.05, 3.63) is 58.6 Å². The van der Waals surface area contributed by atoms with Gasteiger partial charge in [-0.3, -0.25) is 0 Å². The first kappa shape index (κ1) is 19.6. The number of hydrogen-bond acceptors (Lipinski definition) is 5. The zero-order valence-corrected chi connectivity index (χ0v) is 17.2. The van der Waals surface area contributed by atoms with Gasteiger partial charge < -0.3 is 14.4 Å². The second-order valence-electron chi connectivity index (χ2n) is 6.82. The maximum Gasteiger partial charge on any atom is 0.206 e. The summed E-state index contributed by atoms with van der Waals surface area (Å²) in [5, 5.41) is 7.43. The lowest BCUT2D eigenvalue weighted by Crippen LogP contribution is -2.13. The largest absolute Gasteiger partial charge is 0.361 e. The van der Waals surface area contributed by atoms with Gasteiger partial charge in [0.1, 0.15) is 5.76 Å². The molecule has 1 N–H and O–H groups in total. The summed E-state index contributed by atoms with van der Waals surface area (Å²) in [6.07, 6.45) is 2.09. The standard InChI is InChI=1S/C22H27N5O/c1-7-24-22-25-21(23-6)19(13-14(2)20-15(3)26-28-17(20)5)27(22)16(4)18-11-9-8-10-12-18/h8-13,16H,6-7H2,1-5H3,(H,24,25)/b14-13+. The van der Waals surface area contributed by atoms with Crippen molar-refractivity contribution in [2.24, 2.45) is 4.99 Å². The number of hydrogen-bond donors (Lipinski definition) is 1. The van der Waals surface area contributed by atoms with Crippen LogP contribution in [0.15, 0.2) is 39.8 Å². The molecule has 0 saturated carbocycles. The summed E-state index contributed by atoms with van der Waals surface area (Å²) in [6, 6.07) is 10.4. The third-order valence-corrected chi connectivity index (χ3v) is 4.86. The van der Waals surface area contributed by atoms with E-state index in [4.69, 9.17) is 4.52 Å². The van der Waals surface area contributed by atoms with Crippen LogP contribution >= 0.6 is 0 Å². The fourth-order valence-corrected chi connectivity index (χ4v) is 3.56. The van der Waals surface area contributed by atoms with Gasteiger partial charge in [-0.25, -0.2) is 4.99 Å². The predicted molar refractivity (Wildman–Crippen MR) is 115 cm³/mol. The molecule has 2 aromatic heterocycles. The molecule has 0 bridgehead atoms. The predicted octanol–water partition coefficient (Wildman–Crippen LogP) is 5.42. The van der Waals surface area contributed by atoms with E-state index in [1.807, 2.05) is 32.0 Å². The van der Waals surface area contributed by atoms with Crippen molar-refractivity contribution >= 4 is 30.1 Å². The van der Waals surface area contributed by atoms with Crippen LogP contribution in [0, 0.1) is 13.8 Å². The number of nitrogens with zero attached hydrogens (tertiary/aromatic N) is 4. The first-order valence-corrected chi connectivity index (χ1v) is 9.47. The number of anilines is 1. The Labute approximate surface area is 166 Å². The number of aryl methyl sites for hydroxylation is 2. The van der Waals surface area contributed by atoms with Crippen LogP contribution in [0.2, 0.25) is 0 Å². The smallest absolute Gasteiger partial charge is 0.206 e. The van der Waals surface area contributed by atoms with Crippen molar-refractivity contribution < 1.29 is 4.52 Å². The van der Waals surface area contributed by atoms with Crippen molar-refractivity contribution in [2.45, 2.75) is 40.7 Å². The van der Waals surface area contributed by atoms with E-state index >= 15 is 0 Å². The van der Waals surface area contributed by atoms with Crippen LogP contribution in [0.5, 0.6) is 0 Å². The summed E-state index contributed by atoms with van der Waals surface area (Å²) >= 11 is 0. The van der Waals surface area contributed by atoms with Crippen molar-refractivity contribution in [3.8, 4) is 0 Å². The van der Waals surface area contributed by atoms with Crippen LogP contribution < -0.4 is 5.32 Å². The van der Waals surface area contributed by atoms with Crippen LogP contribution in [-0.2, 0) is 0 Å². The molecule has 2 heterocycles. The highest BCUT2D eigenvalue weighted by molar-refractivity contribution is 5.84. The Balaban J connectivity index is 2.19. The van der Waals surface area contributed by atoms with Crippen LogP contribution in [0.3, 0.4) is 0 Å². The van der Waals surface area contributed by atoms with Gasteiger partial charge in [-0.15, -0.1) is 0 Å². The van der Waals surface area contributed by atoms with E-state index in [9.17, 15) is 0 Å². The van der Waals surface area contributed by atoms with Crippen molar-refractivity contribution in [2.75, 3.05) is 11.9 Å². The van der Waals surface area contributed by atoms with Gasteiger partial charge in [-0.05, 0) is 58.5 Å². The molecule has 6 heteroatoms. The molecular weight excluding hydrogens is 350 g/mol. The molecule has 0 aliphatic rings. The number of nitrogens with one attached hydrogen (secondary N) is 1. The van der Waals surface area contributed by atoms with E-state index in [1.165, 1.54) is 5.56 Å². The monoisotopic (exact) mass is 377 g/mol. The maximum absolute atomic E-state index is 5.34. The molecule has 3 aromatic rings. The van der Waals surface area contributed by atoms with Gasteiger partial charge in [0.05, 0.1) is 17.4 Å². The molecule has 0 saturated heterocycles. The van der Waals surface area contributed by atoms with Gasteiger partial charge in [-0.1, -0.05) is 35.5 Å². The summed E-state index contributed by atoms with van der Waals surface area (Å²) in [6.45, 7) is 14.6. The van der Waals surface area contributed by atoms with E-state index in [0.29, 0.717) is 5.82 Å². The van der Waals surface area contributed by atoms with E-state index in [-0.39, 0.29) is 6.04 Å². The Morgan fingerprint density at radius 3 is 2.61 bits per heavy atom. The lowest BCUT2D eigenvalue weighted by molar-refractivity contribution is 0.393. The number of rotatable bonds is 7. The summed E-state index contributed by atoms with van der Waals surface area (Å²) in [7, 11) is 0. The van der Waals surface area contributed by atoms with Gasteiger partial charge in [0, 0.05) is 12.1 Å². The molecule has 146 valence electrons. The van der Waals surface area contributed by atoms with Gasteiger partial charge in [0.15, 0.2) is 5.82 Å². The highest BCUT2D eigenvalue weighted by Gasteiger charge is 2.21. The third kappa shape index (κ3) is 3.63. The first-order chi connectivity index (χ1) is 13.5. The summed E-state index contributed by atoms with van der Waals surface area (Å²) in [5.41, 5.74) is 5.03. The minimum Gasteiger partial charge on any atom is -0.361 e. The van der Waals surface area contributed by atoms with Crippen LogP contribution in [0.4, 0.5) is 11.8 Å². The summed E-state index contributed by atoms with van der Waals surface area (Å²) in [5.74, 6) is 2.18. The quantitative estimate of drug-likeness (QED) is 0.558. The minimum absolute atomic E-state index is 0.0713. The second kappa shape index (κ2) is 8.25. The number of aliphatic imine (C=N–C) groups is 1. The highest BCUT2D eigenvalue weighted by atomic mass is 16.5. The SMILES string of the molecule is C=Nc1nc(NCC)n(C(C)c2ccccc2)c1/C=C(\C)c1c(C)noc1C. The fourth-order valence-electron chi connectivity index (χ4n) is 3.56. The number of allylic oxidation sites excluding steroid dienone is 1. The Hall–Kier alpha value is -3.15. The fraction of sp³-hybridized carbons (Fsp3) is 0.318. The Morgan fingerprint density at radius 2 is 2.04 bits per heavy atom. The Morgan fingerprint density at radius 1 is 1.32 bits per heavy atom. The topological polar surface area (TPSA) is 68.2 Å². The highest BCUT2D eigenvalue weighted by Crippen LogP contribution is 2.34. The van der Waals surface area contributed by atoms with Crippen molar-refractivity contribution in [1.29, 1.82) is 0 Å². The molecule has 28 heavy (non-hydrogen) atoms. The summed E-state index contributed by atoms with van der Waals surface area (Å²) < 4.78 is 7.51. The van der Waals surface area contributed by atoms with Gasteiger partial charge in [-0.2, -0.15) is 4.98 Å². The minimum atomic E-state index is 0.0713. The third-order valence-electron chi connectivity index (χ3n) is 4.86. The normalized spacial score (nSPS) is 12.8. The molecule has 0 aliphatic carbocycles. The van der Waals surface area contributed by atoms with Crippen molar-refractivity contribution in [1.82, 2.24) is 14.7 Å². The average Bonchev–Trinajstić information content (AvgIpc) is 3.21. The maximum atomic E-state index is 5.34. The molecule has 0 radical (unpaired) electrons. The first-order valence-electron chi connectivity index (χ1n) is 9.47. The molecule has 1 unspecified atom stereocenters. The van der Waals surface area contributed by atoms with Crippen LogP contribution in [0.25, 0.3) is 11.6 Å². The lowest BCUT2D eigenvalue weighted by atomic mass is 10.0. The molecule has 1 aromatic carbocycles. The lowest BCUT2D eigenvalue weighted by Gasteiger charge is -2.19. The van der Waals surface area contributed by atoms with Crippen molar-refractivity contribution in [3.63, 3.8) is 0 Å². The molecule has 0 spiro atoms. The molecule has 6 nitrogen and oxygen atoms in total. The van der Waals surface area contributed by atoms with E-state index in [0.717, 1.165) is 40.8 Å². The molecule has 0 fully saturated rings. The second-order valence-corrected chi connectivity index (χ2v) is 6.82. The Kier molecular flexibility index (Phi) is 5.78. The Bertz CT molecular complexity index is 978. The molecule has 3 rings (SSSR count). The van der Waals surface area contributed by atoms with Crippen LogP contribution in [0.1, 0.15) is 55.1 Å². The molecular formula is C22H27N5O. The zero-order chi connectivity index (χ0) is 20.3. The van der Waals surface area contributed by atoms with E-state index in [1.54, 1.807) is 0 Å². The van der Waals surface area contributed by atoms with E-state index < -0.39 is 0 Å². The number of imidazole rings is 1. The summed E-state index contributed by atoms with van der Waals surface area (Å²) in [4.78, 5) is 8.87. The molecule has 0 amide bonds.